The molecule has 0 aromatic heterocycles. The molecule has 3 N–H and O–H groups in total. The number of hydrogen-bond acceptors (Lipinski definition) is 3. The molecular weight excluding hydrogens is 310 g/mol. The molecule has 0 spiro atoms. The molecule has 1 atom stereocenters. The molecule has 0 aliphatic carbocycles. The lowest BCUT2D eigenvalue weighted by atomic mass is 9.99. The van der Waals surface area contributed by atoms with Crippen LogP contribution in [-0.2, 0) is 10.2 Å². The van der Waals surface area contributed by atoms with Crippen molar-refractivity contribution in [1.82, 2.24) is 9.03 Å². The van der Waals surface area contributed by atoms with Crippen molar-refractivity contribution in [3.8, 4) is 0 Å². The van der Waals surface area contributed by atoms with Crippen molar-refractivity contribution in [2.75, 3.05) is 19.6 Å². The predicted molar refractivity (Wildman–Crippen MR) is 85.3 cm³/mol. The van der Waals surface area contributed by atoms with Gasteiger partial charge in [-0.1, -0.05) is 23.7 Å². The van der Waals surface area contributed by atoms with E-state index < -0.39 is 10.2 Å². The summed E-state index contributed by atoms with van der Waals surface area (Å²) in [6, 6.07) is 6.90. The number of nitrogens with one attached hydrogen (secondary N) is 1. The van der Waals surface area contributed by atoms with Gasteiger partial charge in [0.05, 0.1) is 0 Å². The molecule has 2 rings (SSSR count). The van der Waals surface area contributed by atoms with Gasteiger partial charge < -0.3 is 5.73 Å². The van der Waals surface area contributed by atoms with Crippen LogP contribution in [0.1, 0.15) is 31.4 Å². The second-order valence-corrected chi connectivity index (χ2v) is 7.62. The van der Waals surface area contributed by atoms with Crippen molar-refractivity contribution in [3.05, 3.63) is 34.9 Å². The number of nitrogens with zero attached hydrogens (tertiary/aromatic N) is 1. The first-order chi connectivity index (χ1) is 9.92. The van der Waals surface area contributed by atoms with Gasteiger partial charge in [-0.05, 0) is 49.9 Å². The molecule has 0 amide bonds. The fourth-order valence-corrected chi connectivity index (χ4v) is 4.15. The van der Waals surface area contributed by atoms with Gasteiger partial charge in [-0.3, -0.25) is 0 Å². The third-order valence-corrected chi connectivity index (χ3v) is 5.85. The number of piperidine rings is 1. The van der Waals surface area contributed by atoms with Gasteiger partial charge in [0.2, 0.25) is 0 Å². The van der Waals surface area contributed by atoms with E-state index in [4.69, 9.17) is 17.3 Å². The van der Waals surface area contributed by atoms with Gasteiger partial charge in [-0.15, -0.1) is 0 Å². The summed E-state index contributed by atoms with van der Waals surface area (Å²) in [5.41, 5.74) is 6.48. The van der Waals surface area contributed by atoms with E-state index in [0.29, 0.717) is 30.6 Å². The molecule has 7 heteroatoms. The molecular formula is C14H22ClN3O2S. The maximum Gasteiger partial charge on any atom is 0.279 e. The molecule has 0 radical (unpaired) electrons. The van der Waals surface area contributed by atoms with E-state index in [-0.39, 0.29) is 6.04 Å². The summed E-state index contributed by atoms with van der Waals surface area (Å²) in [6.45, 7) is 3.50. The molecule has 1 aliphatic heterocycles. The quantitative estimate of drug-likeness (QED) is 0.865. The molecule has 1 fully saturated rings. The van der Waals surface area contributed by atoms with Crippen LogP contribution in [0.4, 0.5) is 0 Å². The Bertz CT molecular complexity index is 571. The zero-order valence-electron chi connectivity index (χ0n) is 12.1. The lowest BCUT2D eigenvalue weighted by Gasteiger charge is -2.31. The highest BCUT2D eigenvalue weighted by Crippen LogP contribution is 2.21. The Balaban J connectivity index is 2.01. The predicted octanol–water partition coefficient (Wildman–Crippen LogP) is 1.91. The summed E-state index contributed by atoms with van der Waals surface area (Å²) in [5, 5.41) is 0.599. The summed E-state index contributed by atoms with van der Waals surface area (Å²) < 4.78 is 29.0. The molecule has 0 saturated carbocycles. The van der Waals surface area contributed by atoms with Crippen LogP contribution in [0.3, 0.4) is 0 Å². The molecule has 5 nitrogen and oxygen atoms in total. The summed E-state index contributed by atoms with van der Waals surface area (Å²) in [7, 11) is -3.48. The highest BCUT2D eigenvalue weighted by molar-refractivity contribution is 7.87. The number of rotatable bonds is 5. The highest BCUT2D eigenvalue weighted by atomic mass is 35.5. The first-order valence-corrected chi connectivity index (χ1v) is 8.97. The highest BCUT2D eigenvalue weighted by Gasteiger charge is 2.28. The molecule has 1 aromatic rings. The largest absolute Gasteiger partial charge is 0.330 e. The topological polar surface area (TPSA) is 75.4 Å². The Morgan fingerprint density at radius 2 is 2.10 bits per heavy atom. The van der Waals surface area contributed by atoms with Crippen LogP contribution in [0.2, 0.25) is 5.02 Å². The van der Waals surface area contributed by atoms with Gasteiger partial charge in [0.15, 0.2) is 0 Å². The van der Waals surface area contributed by atoms with Crippen LogP contribution in [-0.4, -0.2) is 32.4 Å². The molecule has 1 saturated heterocycles. The molecule has 118 valence electrons. The van der Waals surface area contributed by atoms with E-state index in [1.165, 1.54) is 4.31 Å². The third kappa shape index (κ3) is 4.40. The molecule has 1 heterocycles. The Labute approximate surface area is 131 Å². The molecule has 1 aromatic carbocycles. The SMILES string of the molecule is CC(NS(=O)(=O)N1CCC(CN)CC1)c1cccc(Cl)c1. The third-order valence-electron chi connectivity index (χ3n) is 3.92. The fourth-order valence-electron chi connectivity index (χ4n) is 2.53. The van der Waals surface area contributed by atoms with Crippen LogP contribution < -0.4 is 10.5 Å². The van der Waals surface area contributed by atoms with E-state index in [0.717, 1.165) is 18.4 Å². The van der Waals surface area contributed by atoms with Crippen molar-refractivity contribution in [2.45, 2.75) is 25.8 Å². The Morgan fingerprint density at radius 1 is 1.43 bits per heavy atom. The minimum atomic E-state index is -3.48. The molecule has 1 unspecified atom stereocenters. The second-order valence-electron chi connectivity index (χ2n) is 5.48. The van der Waals surface area contributed by atoms with E-state index in [9.17, 15) is 8.42 Å². The van der Waals surface area contributed by atoms with Crippen LogP contribution in [0.5, 0.6) is 0 Å². The maximum atomic E-state index is 12.4. The molecule has 21 heavy (non-hydrogen) atoms. The number of halogens is 1. The van der Waals surface area contributed by atoms with Crippen LogP contribution >= 0.6 is 11.6 Å². The Morgan fingerprint density at radius 3 is 2.67 bits per heavy atom. The van der Waals surface area contributed by atoms with Crippen LogP contribution in [0, 0.1) is 5.92 Å². The van der Waals surface area contributed by atoms with Gasteiger partial charge >= 0.3 is 0 Å². The van der Waals surface area contributed by atoms with Crippen molar-refractivity contribution in [1.29, 1.82) is 0 Å². The van der Waals surface area contributed by atoms with Crippen molar-refractivity contribution < 1.29 is 8.42 Å². The average molecular weight is 332 g/mol. The van der Waals surface area contributed by atoms with Gasteiger partial charge in [-0.25, -0.2) is 0 Å². The zero-order chi connectivity index (χ0) is 15.5. The normalized spacial score (nSPS) is 19.6. The Hall–Kier alpha value is -0.660. The first-order valence-electron chi connectivity index (χ1n) is 7.15. The number of nitrogens with two attached hydrogens (primary N) is 1. The van der Waals surface area contributed by atoms with E-state index >= 15 is 0 Å². The van der Waals surface area contributed by atoms with Crippen LogP contribution in [0.25, 0.3) is 0 Å². The average Bonchev–Trinajstić information content (AvgIpc) is 2.47. The number of hydrogen-bond donors (Lipinski definition) is 2. The second kappa shape index (κ2) is 7.07. The van der Waals surface area contributed by atoms with Gasteiger partial charge in [0.25, 0.3) is 10.2 Å². The van der Waals surface area contributed by atoms with E-state index in [2.05, 4.69) is 4.72 Å². The van der Waals surface area contributed by atoms with Crippen molar-refractivity contribution in [3.63, 3.8) is 0 Å². The first kappa shape index (κ1) is 16.7. The van der Waals surface area contributed by atoms with Gasteiger partial charge in [0, 0.05) is 24.2 Å². The van der Waals surface area contributed by atoms with Gasteiger partial charge in [-0.2, -0.15) is 17.4 Å². The summed E-state index contributed by atoms with van der Waals surface area (Å²) in [4.78, 5) is 0. The van der Waals surface area contributed by atoms with E-state index in [1.54, 1.807) is 12.1 Å². The zero-order valence-corrected chi connectivity index (χ0v) is 13.7. The van der Waals surface area contributed by atoms with Crippen LogP contribution in [0.15, 0.2) is 24.3 Å². The summed E-state index contributed by atoms with van der Waals surface area (Å²) in [5.74, 6) is 0.432. The summed E-state index contributed by atoms with van der Waals surface area (Å²) in [6.07, 6.45) is 1.64. The smallest absolute Gasteiger partial charge is 0.279 e. The maximum absolute atomic E-state index is 12.4. The lowest BCUT2D eigenvalue weighted by molar-refractivity contribution is 0.274. The standard InChI is InChI=1S/C14H22ClN3O2S/c1-11(13-3-2-4-14(15)9-13)17-21(19,20)18-7-5-12(10-16)6-8-18/h2-4,9,11-12,17H,5-8,10,16H2,1H3. The monoisotopic (exact) mass is 331 g/mol. The molecule has 1 aliphatic rings. The fraction of sp³-hybridized carbons (Fsp3) is 0.571. The van der Waals surface area contributed by atoms with Crippen molar-refractivity contribution >= 4 is 21.8 Å². The lowest BCUT2D eigenvalue weighted by Crippen LogP contribution is -2.46. The number of benzene rings is 1. The van der Waals surface area contributed by atoms with E-state index in [1.807, 2.05) is 19.1 Å². The minimum absolute atomic E-state index is 0.319. The summed E-state index contributed by atoms with van der Waals surface area (Å²) >= 11 is 5.94. The van der Waals surface area contributed by atoms with Gasteiger partial charge in [0.1, 0.15) is 0 Å². The Kier molecular flexibility index (Phi) is 5.62. The minimum Gasteiger partial charge on any atom is -0.330 e. The van der Waals surface area contributed by atoms with Crippen molar-refractivity contribution in [2.24, 2.45) is 11.7 Å². The molecule has 0 bridgehead atoms.